The topological polar surface area (TPSA) is 32.3 Å². The predicted octanol–water partition coefficient (Wildman–Crippen LogP) is 5.42. The zero-order valence-corrected chi connectivity index (χ0v) is 17.1. The molecular weight excluding hydrogens is 388 g/mol. The Hall–Kier alpha value is -1.65. The fraction of sp³-hybridized carbons (Fsp3) is 0.409. The van der Waals surface area contributed by atoms with Crippen LogP contribution >= 0.6 is 15.9 Å². The minimum Gasteiger partial charge on any atom is -0.326 e. The molecule has 2 aromatic rings. The number of nitrogens with one attached hydrogen (secondary N) is 1. The van der Waals surface area contributed by atoms with Crippen molar-refractivity contribution in [2.45, 2.75) is 39.2 Å². The largest absolute Gasteiger partial charge is 0.326 e. The maximum atomic E-state index is 12.8. The lowest BCUT2D eigenvalue weighted by atomic mass is 9.95. The van der Waals surface area contributed by atoms with Gasteiger partial charge in [0.1, 0.15) is 0 Å². The Balaban J connectivity index is 1.62. The molecule has 1 unspecified atom stereocenters. The Morgan fingerprint density at radius 2 is 1.92 bits per heavy atom. The van der Waals surface area contributed by atoms with Gasteiger partial charge in [-0.25, -0.2) is 0 Å². The number of piperidine rings is 1. The van der Waals surface area contributed by atoms with Gasteiger partial charge in [0, 0.05) is 23.2 Å². The van der Waals surface area contributed by atoms with Crippen LogP contribution in [0.5, 0.6) is 0 Å². The van der Waals surface area contributed by atoms with Crippen molar-refractivity contribution in [1.82, 2.24) is 4.90 Å². The van der Waals surface area contributed by atoms with Crippen LogP contribution in [-0.2, 0) is 11.3 Å². The summed E-state index contributed by atoms with van der Waals surface area (Å²) in [5.74, 6) is 0.602. The van der Waals surface area contributed by atoms with Crippen molar-refractivity contribution in [2.75, 3.05) is 18.4 Å². The zero-order chi connectivity index (χ0) is 18.5. The minimum atomic E-state index is 0.0550. The summed E-state index contributed by atoms with van der Waals surface area (Å²) in [4.78, 5) is 15.2. The predicted molar refractivity (Wildman–Crippen MR) is 111 cm³/mol. The fourth-order valence-electron chi connectivity index (χ4n) is 3.61. The van der Waals surface area contributed by atoms with Crippen LogP contribution in [0.1, 0.15) is 43.7 Å². The summed E-state index contributed by atoms with van der Waals surface area (Å²) in [5.41, 5.74) is 3.44. The molecule has 1 aliphatic heterocycles. The molecule has 4 heteroatoms. The molecule has 1 atom stereocenters. The average Bonchev–Trinajstić information content (AvgIpc) is 2.64. The Bertz CT molecular complexity index is 742. The molecule has 1 aliphatic rings. The molecule has 0 bridgehead atoms. The number of likely N-dealkylation sites (tertiary alicyclic amines) is 1. The first-order chi connectivity index (χ1) is 12.5. The van der Waals surface area contributed by atoms with Crippen LogP contribution in [0.15, 0.2) is 53.0 Å². The van der Waals surface area contributed by atoms with Crippen LogP contribution in [0, 0.1) is 5.92 Å². The summed E-state index contributed by atoms with van der Waals surface area (Å²) in [5, 5.41) is 3.18. The Labute approximate surface area is 164 Å². The summed E-state index contributed by atoms with van der Waals surface area (Å²) < 4.78 is 1.10. The highest BCUT2D eigenvalue weighted by Crippen LogP contribution is 2.26. The first-order valence-corrected chi connectivity index (χ1v) is 10.2. The van der Waals surface area contributed by atoms with E-state index in [1.165, 1.54) is 11.1 Å². The number of carbonyl (C=O) groups is 1. The molecule has 0 spiro atoms. The Kier molecular flexibility index (Phi) is 6.49. The minimum absolute atomic E-state index is 0.0550. The first kappa shape index (κ1) is 19.1. The van der Waals surface area contributed by atoms with Gasteiger partial charge in [-0.2, -0.15) is 0 Å². The maximum Gasteiger partial charge on any atom is 0.228 e. The summed E-state index contributed by atoms with van der Waals surface area (Å²) in [6, 6.07) is 16.6. The molecule has 3 rings (SSSR count). The number of nitrogens with zero attached hydrogens (tertiary/aromatic N) is 1. The average molecular weight is 415 g/mol. The van der Waals surface area contributed by atoms with Crippen molar-refractivity contribution in [1.29, 1.82) is 0 Å². The number of hydrogen-bond acceptors (Lipinski definition) is 2. The molecule has 1 N–H and O–H groups in total. The van der Waals surface area contributed by atoms with Gasteiger partial charge in [0.05, 0.1) is 5.92 Å². The van der Waals surface area contributed by atoms with Gasteiger partial charge in [0.15, 0.2) is 0 Å². The van der Waals surface area contributed by atoms with E-state index in [0.29, 0.717) is 5.92 Å². The number of hydrogen-bond donors (Lipinski definition) is 1. The SMILES string of the molecule is CC(C)c1ccccc1NC(=O)C1CCCN(Cc2ccc(Br)cc2)C1. The lowest BCUT2D eigenvalue weighted by Gasteiger charge is -2.32. The third kappa shape index (κ3) is 4.95. The monoisotopic (exact) mass is 414 g/mol. The van der Waals surface area contributed by atoms with E-state index in [2.05, 4.69) is 70.3 Å². The molecule has 1 saturated heterocycles. The van der Waals surface area contributed by atoms with Gasteiger partial charge >= 0.3 is 0 Å². The fourth-order valence-corrected chi connectivity index (χ4v) is 3.87. The number of benzene rings is 2. The van der Waals surface area contributed by atoms with Gasteiger partial charge in [0.2, 0.25) is 5.91 Å². The number of carbonyl (C=O) groups excluding carboxylic acids is 1. The van der Waals surface area contributed by atoms with Crippen LogP contribution in [0.3, 0.4) is 0 Å². The van der Waals surface area contributed by atoms with E-state index in [0.717, 1.165) is 42.6 Å². The summed E-state index contributed by atoms with van der Waals surface area (Å²) in [7, 11) is 0. The molecule has 1 amide bonds. The zero-order valence-electron chi connectivity index (χ0n) is 15.5. The van der Waals surface area contributed by atoms with Crippen molar-refractivity contribution in [3.8, 4) is 0 Å². The molecule has 0 saturated carbocycles. The smallest absolute Gasteiger partial charge is 0.228 e. The number of para-hydroxylation sites is 1. The Morgan fingerprint density at radius 1 is 1.19 bits per heavy atom. The van der Waals surface area contributed by atoms with Crippen LogP contribution in [0.25, 0.3) is 0 Å². The van der Waals surface area contributed by atoms with Crippen molar-refractivity contribution in [2.24, 2.45) is 5.92 Å². The van der Waals surface area contributed by atoms with Gasteiger partial charge in [-0.15, -0.1) is 0 Å². The molecule has 3 nitrogen and oxygen atoms in total. The van der Waals surface area contributed by atoms with Crippen LogP contribution < -0.4 is 5.32 Å². The van der Waals surface area contributed by atoms with E-state index >= 15 is 0 Å². The lowest BCUT2D eigenvalue weighted by molar-refractivity contribution is -0.121. The second-order valence-corrected chi connectivity index (χ2v) is 8.35. The second kappa shape index (κ2) is 8.83. The highest BCUT2D eigenvalue weighted by Gasteiger charge is 2.26. The molecule has 2 aromatic carbocycles. The molecular formula is C22H27BrN2O. The van der Waals surface area contributed by atoms with E-state index < -0.39 is 0 Å². The van der Waals surface area contributed by atoms with Gasteiger partial charge in [-0.05, 0) is 54.6 Å². The van der Waals surface area contributed by atoms with E-state index in [1.807, 2.05) is 18.2 Å². The van der Waals surface area contributed by atoms with Crippen molar-refractivity contribution < 1.29 is 4.79 Å². The van der Waals surface area contributed by atoms with Gasteiger partial charge in [-0.3, -0.25) is 9.69 Å². The van der Waals surface area contributed by atoms with Gasteiger partial charge in [0.25, 0.3) is 0 Å². The second-order valence-electron chi connectivity index (χ2n) is 7.43. The molecule has 1 fully saturated rings. The van der Waals surface area contributed by atoms with Crippen molar-refractivity contribution in [3.63, 3.8) is 0 Å². The Morgan fingerprint density at radius 3 is 2.65 bits per heavy atom. The van der Waals surface area contributed by atoms with Gasteiger partial charge in [-0.1, -0.05) is 60.1 Å². The quantitative estimate of drug-likeness (QED) is 0.707. The van der Waals surface area contributed by atoms with Gasteiger partial charge < -0.3 is 5.32 Å². The highest BCUT2D eigenvalue weighted by atomic mass is 79.9. The molecule has 0 aromatic heterocycles. The number of halogens is 1. The number of amides is 1. The lowest BCUT2D eigenvalue weighted by Crippen LogP contribution is -2.40. The van der Waals surface area contributed by atoms with Crippen LogP contribution in [-0.4, -0.2) is 23.9 Å². The van der Waals surface area contributed by atoms with Crippen LogP contribution in [0.2, 0.25) is 0 Å². The molecule has 26 heavy (non-hydrogen) atoms. The third-order valence-corrected chi connectivity index (χ3v) is 5.57. The van der Waals surface area contributed by atoms with E-state index in [1.54, 1.807) is 0 Å². The van der Waals surface area contributed by atoms with E-state index in [-0.39, 0.29) is 11.8 Å². The summed E-state index contributed by atoms with van der Waals surface area (Å²) in [6.07, 6.45) is 2.03. The standard InChI is InChI=1S/C22H27BrN2O/c1-16(2)20-7-3-4-8-21(20)24-22(26)18-6-5-13-25(15-18)14-17-9-11-19(23)12-10-17/h3-4,7-12,16,18H,5-6,13-15H2,1-2H3,(H,24,26). The molecule has 1 heterocycles. The summed E-state index contributed by atoms with van der Waals surface area (Å²) in [6.45, 7) is 7.10. The third-order valence-electron chi connectivity index (χ3n) is 5.04. The number of rotatable bonds is 5. The highest BCUT2D eigenvalue weighted by molar-refractivity contribution is 9.10. The molecule has 0 radical (unpaired) electrons. The molecule has 0 aliphatic carbocycles. The summed E-state index contributed by atoms with van der Waals surface area (Å²) >= 11 is 3.48. The van der Waals surface area contributed by atoms with Crippen LogP contribution in [0.4, 0.5) is 5.69 Å². The first-order valence-electron chi connectivity index (χ1n) is 9.39. The van der Waals surface area contributed by atoms with E-state index in [4.69, 9.17) is 0 Å². The molecule has 138 valence electrons. The van der Waals surface area contributed by atoms with Crippen molar-refractivity contribution in [3.05, 3.63) is 64.1 Å². The van der Waals surface area contributed by atoms with E-state index in [9.17, 15) is 4.79 Å². The number of anilines is 1. The normalized spacial score (nSPS) is 18.1. The van der Waals surface area contributed by atoms with Crippen molar-refractivity contribution >= 4 is 27.5 Å². The maximum absolute atomic E-state index is 12.8.